The third-order valence-corrected chi connectivity index (χ3v) is 12.0. The van der Waals surface area contributed by atoms with Crippen LogP contribution >= 0.6 is 35.1 Å². The van der Waals surface area contributed by atoms with E-state index in [9.17, 15) is 14.7 Å². The molecular formula is C39H40ClN5O5S2. The Morgan fingerprint density at radius 1 is 0.981 bits per heavy atom. The maximum Gasteiger partial charge on any atom is 0.354 e. The predicted molar refractivity (Wildman–Crippen MR) is 207 cm³/mol. The van der Waals surface area contributed by atoms with Crippen LogP contribution in [0.1, 0.15) is 58.1 Å². The second-order valence-electron chi connectivity index (χ2n) is 12.9. The van der Waals surface area contributed by atoms with Gasteiger partial charge in [-0.05, 0) is 67.5 Å². The van der Waals surface area contributed by atoms with Crippen molar-refractivity contribution in [1.29, 1.82) is 0 Å². The monoisotopic (exact) mass is 757 g/mol. The number of thioether (sulfide) groups is 2. The Bertz CT molecular complexity index is 2330. The SMILES string of the molecule is COC(=O)CCn1c(C(=O)OC)c(C)c2c(-c3c(CSCc4cc(CSc5cc(O)c6ccccc6c5)n(C)n4)nn4c3CCCC4)c(Cl)ccc21. The summed E-state index contributed by atoms with van der Waals surface area (Å²) in [4.78, 5) is 26.3. The Morgan fingerprint density at radius 2 is 1.81 bits per heavy atom. The first-order chi connectivity index (χ1) is 25.2. The molecule has 10 nitrogen and oxygen atoms in total. The topological polar surface area (TPSA) is 113 Å². The minimum atomic E-state index is -0.475. The van der Waals surface area contributed by atoms with Crippen LogP contribution in [-0.4, -0.2) is 55.4 Å². The number of phenolic OH excluding ortho intramolecular Hbond substituents is 1. The van der Waals surface area contributed by atoms with Gasteiger partial charge in [-0.1, -0.05) is 35.9 Å². The number of carbonyl (C=O) groups excluding carboxylic acids is 2. The zero-order valence-corrected chi connectivity index (χ0v) is 32.0. The first-order valence-electron chi connectivity index (χ1n) is 17.2. The molecule has 270 valence electrons. The van der Waals surface area contributed by atoms with Crippen molar-refractivity contribution in [3.8, 4) is 16.9 Å². The predicted octanol–water partition coefficient (Wildman–Crippen LogP) is 8.47. The lowest BCUT2D eigenvalue weighted by Gasteiger charge is -2.16. The van der Waals surface area contributed by atoms with Crippen molar-refractivity contribution in [2.45, 2.75) is 67.9 Å². The summed E-state index contributed by atoms with van der Waals surface area (Å²) >= 11 is 10.5. The molecule has 7 rings (SSSR count). The van der Waals surface area contributed by atoms with E-state index in [1.165, 1.54) is 14.2 Å². The van der Waals surface area contributed by atoms with Crippen molar-refractivity contribution >= 4 is 68.7 Å². The number of methoxy groups -OCH3 is 2. The van der Waals surface area contributed by atoms with Crippen LogP contribution in [0, 0.1) is 6.92 Å². The fourth-order valence-electron chi connectivity index (χ4n) is 7.22. The van der Waals surface area contributed by atoms with Gasteiger partial charge >= 0.3 is 11.9 Å². The maximum absolute atomic E-state index is 13.2. The standard InChI is InChI=1S/C39H40ClN5O5S2/c1-23-35-31(44(16-14-34(47)49-3)38(23)39(48)50-4)13-12-29(40)36(35)37-30(42-45-15-8-7-11-32(37)45)22-51-20-25-18-26(43(2)41-25)21-52-27-17-24-9-5-6-10-28(24)33(46)19-27/h5-6,9-10,12-13,17-19,46H,7-8,11,14-16,20-22H2,1-4H3. The molecule has 3 aromatic carbocycles. The van der Waals surface area contributed by atoms with Gasteiger partial charge in [-0.25, -0.2) is 4.79 Å². The van der Waals surface area contributed by atoms with E-state index in [2.05, 4.69) is 16.8 Å². The van der Waals surface area contributed by atoms with E-state index in [4.69, 9.17) is 31.3 Å². The number of phenols is 1. The lowest BCUT2D eigenvalue weighted by atomic mass is 9.94. The van der Waals surface area contributed by atoms with E-state index in [-0.39, 0.29) is 24.7 Å². The molecule has 6 aromatic rings. The summed E-state index contributed by atoms with van der Waals surface area (Å²) in [5.74, 6) is 1.51. The van der Waals surface area contributed by atoms with Crippen LogP contribution in [0.15, 0.2) is 59.5 Å². The van der Waals surface area contributed by atoms with Crippen molar-refractivity contribution in [1.82, 2.24) is 24.1 Å². The third-order valence-electron chi connectivity index (χ3n) is 9.70. The number of hydrogen-bond acceptors (Lipinski definition) is 9. The summed E-state index contributed by atoms with van der Waals surface area (Å²) in [6.07, 6.45) is 3.09. The molecule has 13 heteroatoms. The molecule has 1 aliphatic heterocycles. The number of fused-ring (bicyclic) bond motifs is 3. The number of rotatable bonds is 12. The second-order valence-corrected chi connectivity index (χ2v) is 15.3. The summed E-state index contributed by atoms with van der Waals surface area (Å²) in [6, 6.07) is 17.7. The van der Waals surface area contributed by atoms with Gasteiger partial charge in [0, 0.05) is 86.1 Å². The van der Waals surface area contributed by atoms with E-state index in [0.29, 0.717) is 22.2 Å². The molecule has 1 aliphatic rings. The number of benzene rings is 3. The molecule has 0 radical (unpaired) electrons. The minimum absolute atomic E-state index is 0.105. The Hall–Kier alpha value is -4.39. The summed E-state index contributed by atoms with van der Waals surface area (Å²) in [5, 5.41) is 23.8. The second kappa shape index (κ2) is 15.3. The highest BCUT2D eigenvalue weighted by atomic mass is 35.5. The molecule has 52 heavy (non-hydrogen) atoms. The number of aromatic nitrogens is 5. The van der Waals surface area contributed by atoms with Gasteiger partial charge in [-0.3, -0.25) is 14.2 Å². The molecule has 0 amide bonds. The van der Waals surface area contributed by atoms with Crippen molar-refractivity contribution in [3.05, 3.63) is 93.7 Å². The number of halogens is 1. The highest BCUT2D eigenvalue weighted by Gasteiger charge is 2.29. The molecule has 0 fully saturated rings. The highest BCUT2D eigenvalue weighted by Crippen LogP contribution is 2.44. The van der Waals surface area contributed by atoms with Crippen molar-refractivity contribution in [2.75, 3.05) is 14.2 Å². The molecule has 1 N–H and O–H groups in total. The lowest BCUT2D eigenvalue weighted by Crippen LogP contribution is -2.14. The quantitative estimate of drug-likeness (QED) is 0.0970. The molecule has 0 aliphatic carbocycles. The van der Waals surface area contributed by atoms with E-state index < -0.39 is 5.97 Å². The van der Waals surface area contributed by atoms with Crippen molar-refractivity contribution < 1.29 is 24.2 Å². The molecule has 0 saturated carbocycles. The fraction of sp³-hybridized carbons (Fsp3) is 0.333. The first-order valence-corrected chi connectivity index (χ1v) is 19.7. The van der Waals surface area contributed by atoms with Gasteiger partial charge in [0.15, 0.2) is 0 Å². The smallest absolute Gasteiger partial charge is 0.354 e. The average Bonchev–Trinajstić information content (AvgIpc) is 3.79. The van der Waals surface area contributed by atoms with Gasteiger partial charge in [0.1, 0.15) is 11.4 Å². The van der Waals surface area contributed by atoms with Crippen LogP contribution in [0.4, 0.5) is 0 Å². The van der Waals surface area contributed by atoms with Crippen LogP contribution < -0.4 is 0 Å². The van der Waals surface area contributed by atoms with Crippen LogP contribution in [0.5, 0.6) is 5.75 Å². The van der Waals surface area contributed by atoms with Crippen LogP contribution in [-0.2, 0) is 58.1 Å². The Balaban J connectivity index is 1.16. The Morgan fingerprint density at radius 3 is 2.62 bits per heavy atom. The van der Waals surface area contributed by atoms with E-state index >= 15 is 0 Å². The van der Waals surface area contributed by atoms with Gasteiger partial charge in [-0.15, -0.1) is 23.5 Å². The average molecular weight is 758 g/mol. The molecule has 0 atom stereocenters. The minimum Gasteiger partial charge on any atom is -0.507 e. The summed E-state index contributed by atoms with van der Waals surface area (Å²) in [6.45, 7) is 3.00. The Labute approximate surface area is 315 Å². The first kappa shape index (κ1) is 36.0. The number of ether oxygens (including phenoxy) is 2. The van der Waals surface area contributed by atoms with Gasteiger partial charge in [0.05, 0.1) is 32.0 Å². The number of esters is 2. The van der Waals surface area contributed by atoms with E-state index in [1.807, 2.05) is 65.7 Å². The number of carbonyl (C=O) groups is 2. The lowest BCUT2D eigenvalue weighted by molar-refractivity contribution is -0.140. The van der Waals surface area contributed by atoms with E-state index in [0.717, 1.165) is 97.6 Å². The number of aromatic hydroxyl groups is 1. The number of nitrogens with zero attached hydrogens (tertiary/aromatic N) is 5. The number of aryl methyl sites for hydroxylation is 4. The molecule has 0 spiro atoms. The van der Waals surface area contributed by atoms with Gasteiger partial charge in [0.2, 0.25) is 0 Å². The van der Waals surface area contributed by atoms with Gasteiger partial charge < -0.3 is 19.1 Å². The molecule has 3 aromatic heterocycles. The summed E-state index contributed by atoms with van der Waals surface area (Å²) in [7, 11) is 4.69. The zero-order valence-electron chi connectivity index (χ0n) is 29.6. The third kappa shape index (κ3) is 6.91. The normalized spacial score (nSPS) is 12.8. The zero-order chi connectivity index (χ0) is 36.5. The van der Waals surface area contributed by atoms with E-state index in [1.54, 1.807) is 23.5 Å². The van der Waals surface area contributed by atoms with Crippen LogP contribution in [0.25, 0.3) is 32.8 Å². The highest BCUT2D eigenvalue weighted by molar-refractivity contribution is 7.98. The maximum atomic E-state index is 13.2. The molecular weight excluding hydrogens is 718 g/mol. The summed E-state index contributed by atoms with van der Waals surface area (Å²) in [5.41, 5.74) is 7.98. The molecule has 0 unspecified atom stereocenters. The van der Waals surface area contributed by atoms with Crippen LogP contribution in [0.2, 0.25) is 5.02 Å². The van der Waals surface area contributed by atoms with Gasteiger partial charge in [-0.2, -0.15) is 10.2 Å². The summed E-state index contributed by atoms with van der Waals surface area (Å²) < 4.78 is 16.0. The van der Waals surface area contributed by atoms with Crippen LogP contribution in [0.3, 0.4) is 0 Å². The fourth-order valence-corrected chi connectivity index (χ4v) is 9.31. The largest absolute Gasteiger partial charge is 0.507 e. The Kier molecular flexibility index (Phi) is 10.6. The van der Waals surface area contributed by atoms with Crippen molar-refractivity contribution in [3.63, 3.8) is 0 Å². The molecule has 0 saturated heterocycles. The van der Waals surface area contributed by atoms with Crippen molar-refractivity contribution in [2.24, 2.45) is 7.05 Å². The molecule has 4 heterocycles. The van der Waals surface area contributed by atoms with Gasteiger partial charge in [0.25, 0.3) is 0 Å². The number of hydrogen-bond donors (Lipinski definition) is 1. The molecule has 0 bridgehead atoms.